The van der Waals surface area contributed by atoms with Gasteiger partial charge in [0.15, 0.2) is 0 Å². The van der Waals surface area contributed by atoms with Crippen LogP contribution in [0.25, 0.3) is 0 Å². The SMILES string of the molecule is Cc1cc(C)c(C#N)c(NC(CCO)C(C)C)n1. The number of nitriles is 1. The first-order valence-electron chi connectivity index (χ1n) is 6.25. The summed E-state index contributed by atoms with van der Waals surface area (Å²) in [6.07, 6.45) is 0.650. The van der Waals surface area contributed by atoms with Crippen molar-refractivity contribution in [3.63, 3.8) is 0 Å². The van der Waals surface area contributed by atoms with Gasteiger partial charge in [-0.15, -0.1) is 0 Å². The highest BCUT2D eigenvalue weighted by Gasteiger charge is 2.16. The summed E-state index contributed by atoms with van der Waals surface area (Å²) >= 11 is 0. The van der Waals surface area contributed by atoms with E-state index in [-0.39, 0.29) is 12.6 Å². The Labute approximate surface area is 109 Å². The Morgan fingerprint density at radius 1 is 1.44 bits per heavy atom. The van der Waals surface area contributed by atoms with E-state index in [0.29, 0.717) is 23.7 Å². The van der Waals surface area contributed by atoms with Crippen molar-refractivity contribution in [1.82, 2.24) is 4.98 Å². The fraction of sp³-hybridized carbons (Fsp3) is 0.571. The molecule has 0 radical (unpaired) electrons. The van der Waals surface area contributed by atoms with Crippen LogP contribution in [0.1, 0.15) is 37.1 Å². The number of aliphatic hydroxyl groups is 1. The largest absolute Gasteiger partial charge is 0.396 e. The van der Waals surface area contributed by atoms with E-state index in [9.17, 15) is 5.26 Å². The van der Waals surface area contributed by atoms with Crippen LogP contribution >= 0.6 is 0 Å². The number of hydrogen-bond donors (Lipinski definition) is 2. The van der Waals surface area contributed by atoms with Gasteiger partial charge in [-0.25, -0.2) is 4.98 Å². The van der Waals surface area contributed by atoms with Gasteiger partial charge < -0.3 is 10.4 Å². The summed E-state index contributed by atoms with van der Waals surface area (Å²) in [7, 11) is 0. The number of rotatable bonds is 5. The van der Waals surface area contributed by atoms with Gasteiger partial charge in [0.2, 0.25) is 0 Å². The molecule has 1 aromatic heterocycles. The fourth-order valence-electron chi connectivity index (χ4n) is 1.97. The number of pyridine rings is 1. The lowest BCUT2D eigenvalue weighted by atomic mass is 10.0. The molecule has 0 aromatic carbocycles. The molecule has 0 aliphatic rings. The second kappa shape index (κ2) is 6.36. The molecule has 0 bridgehead atoms. The van der Waals surface area contributed by atoms with Crippen LogP contribution in [0.5, 0.6) is 0 Å². The molecule has 1 aromatic rings. The number of anilines is 1. The molecule has 0 saturated heterocycles. The molecule has 1 heterocycles. The maximum atomic E-state index is 9.19. The van der Waals surface area contributed by atoms with Crippen molar-refractivity contribution in [2.24, 2.45) is 5.92 Å². The number of nitrogens with zero attached hydrogens (tertiary/aromatic N) is 2. The van der Waals surface area contributed by atoms with Crippen molar-refractivity contribution in [2.75, 3.05) is 11.9 Å². The maximum absolute atomic E-state index is 9.19. The summed E-state index contributed by atoms with van der Waals surface area (Å²) < 4.78 is 0. The molecule has 1 atom stereocenters. The highest BCUT2D eigenvalue weighted by molar-refractivity contribution is 5.56. The number of aliphatic hydroxyl groups excluding tert-OH is 1. The van der Waals surface area contributed by atoms with Crippen LogP contribution in [-0.4, -0.2) is 22.7 Å². The van der Waals surface area contributed by atoms with Crippen LogP contribution in [0.2, 0.25) is 0 Å². The lowest BCUT2D eigenvalue weighted by molar-refractivity contribution is 0.267. The Morgan fingerprint density at radius 2 is 2.11 bits per heavy atom. The topological polar surface area (TPSA) is 68.9 Å². The van der Waals surface area contributed by atoms with Crippen LogP contribution < -0.4 is 5.32 Å². The second-order valence-electron chi connectivity index (χ2n) is 4.92. The average molecular weight is 247 g/mol. The molecule has 0 aliphatic carbocycles. The number of aromatic nitrogens is 1. The van der Waals surface area contributed by atoms with Crippen molar-refractivity contribution >= 4 is 5.82 Å². The standard InChI is InChI=1S/C14H21N3O/c1-9(2)13(5-6-18)17-14-12(8-15)10(3)7-11(4)16-14/h7,9,13,18H,5-6H2,1-4H3,(H,16,17). The summed E-state index contributed by atoms with van der Waals surface area (Å²) in [6, 6.07) is 4.21. The van der Waals surface area contributed by atoms with Crippen LogP contribution in [-0.2, 0) is 0 Å². The summed E-state index contributed by atoms with van der Waals surface area (Å²) in [6.45, 7) is 8.12. The van der Waals surface area contributed by atoms with Gasteiger partial charge in [-0.1, -0.05) is 13.8 Å². The molecule has 98 valence electrons. The minimum Gasteiger partial charge on any atom is -0.396 e. The predicted molar refractivity (Wildman–Crippen MR) is 72.4 cm³/mol. The Hall–Kier alpha value is -1.60. The molecule has 1 rings (SSSR count). The Kier molecular flexibility index (Phi) is 5.11. The van der Waals surface area contributed by atoms with Crippen molar-refractivity contribution < 1.29 is 5.11 Å². The molecule has 18 heavy (non-hydrogen) atoms. The molecular formula is C14H21N3O. The monoisotopic (exact) mass is 247 g/mol. The van der Waals surface area contributed by atoms with Gasteiger partial charge in [0.05, 0.1) is 5.56 Å². The molecule has 0 amide bonds. The Bertz CT molecular complexity index is 449. The molecule has 1 unspecified atom stereocenters. The normalized spacial score (nSPS) is 12.3. The van der Waals surface area contributed by atoms with Crippen molar-refractivity contribution in [1.29, 1.82) is 5.26 Å². The molecule has 4 heteroatoms. The summed E-state index contributed by atoms with van der Waals surface area (Å²) in [5.41, 5.74) is 2.41. The fourth-order valence-corrected chi connectivity index (χ4v) is 1.97. The molecule has 2 N–H and O–H groups in total. The smallest absolute Gasteiger partial charge is 0.144 e. The van der Waals surface area contributed by atoms with E-state index < -0.39 is 0 Å². The van der Waals surface area contributed by atoms with Gasteiger partial charge >= 0.3 is 0 Å². The molecule has 0 aliphatic heterocycles. The van der Waals surface area contributed by atoms with E-state index in [1.54, 1.807) is 0 Å². The minimum atomic E-state index is 0.121. The highest BCUT2D eigenvalue weighted by Crippen LogP contribution is 2.21. The van der Waals surface area contributed by atoms with Gasteiger partial charge in [0, 0.05) is 18.3 Å². The Balaban J connectivity index is 3.05. The van der Waals surface area contributed by atoms with E-state index in [4.69, 9.17) is 5.11 Å². The molecule has 0 fully saturated rings. The molecular weight excluding hydrogens is 226 g/mol. The van der Waals surface area contributed by atoms with Gasteiger partial charge in [0.1, 0.15) is 11.9 Å². The first kappa shape index (κ1) is 14.5. The predicted octanol–water partition coefficient (Wildman–Crippen LogP) is 2.39. The van der Waals surface area contributed by atoms with E-state index in [2.05, 4.69) is 30.2 Å². The van der Waals surface area contributed by atoms with Crippen LogP contribution in [0, 0.1) is 31.1 Å². The van der Waals surface area contributed by atoms with Crippen LogP contribution in [0.3, 0.4) is 0 Å². The van der Waals surface area contributed by atoms with E-state index in [1.165, 1.54) is 0 Å². The van der Waals surface area contributed by atoms with Crippen molar-refractivity contribution in [3.05, 3.63) is 22.9 Å². The molecule has 4 nitrogen and oxygen atoms in total. The minimum absolute atomic E-state index is 0.121. The van der Waals surface area contributed by atoms with Gasteiger partial charge in [0.25, 0.3) is 0 Å². The summed E-state index contributed by atoms with van der Waals surface area (Å²) in [5.74, 6) is 0.994. The van der Waals surface area contributed by atoms with Crippen LogP contribution in [0.15, 0.2) is 6.07 Å². The second-order valence-corrected chi connectivity index (χ2v) is 4.92. The van der Waals surface area contributed by atoms with E-state index in [1.807, 2.05) is 19.9 Å². The van der Waals surface area contributed by atoms with Gasteiger partial charge in [-0.2, -0.15) is 5.26 Å². The quantitative estimate of drug-likeness (QED) is 0.838. The Morgan fingerprint density at radius 3 is 2.61 bits per heavy atom. The third-order valence-corrected chi connectivity index (χ3v) is 3.02. The zero-order valence-corrected chi connectivity index (χ0v) is 11.5. The molecule has 0 spiro atoms. The summed E-state index contributed by atoms with van der Waals surface area (Å²) in [5, 5.41) is 21.6. The zero-order valence-electron chi connectivity index (χ0n) is 11.5. The number of hydrogen-bond acceptors (Lipinski definition) is 4. The first-order valence-corrected chi connectivity index (χ1v) is 6.25. The average Bonchev–Trinajstić information content (AvgIpc) is 2.27. The van der Waals surface area contributed by atoms with Gasteiger partial charge in [-0.05, 0) is 37.8 Å². The van der Waals surface area contributed by atoms with Crippen LogP contribution in [0.4, 0.5) is 5.82 Å². The summed E-state index contributed by atoms with van der Waals surface area (Å²) in [4.78, 5) is 4.39. The lowest BCUT2D eigenvalue weighted by Gasteiger charge is -2.23. The number of nitrogens with one attached hydrogen (secondary N) is 1. The van der Waals surface area contributed by atoms with Crippen molar-refractivity contribution in [2.45, 2.75) is 40.2 Å². The third-order valence-electron chi connectivity index (χ3n) is 3.02. The highest BCUT2D eigenvalue weighted by atomic mass is 16.3. The van der Waals surface area contributed by atoms with E-state index >= 15 is 0 Å². The zero-order chi connectivity index (χ0) is 13.7. The number of aryl methyl sites for hydroxylation is 2. The van der Waals surface area contributed by atoms with Gasteiger partial charge in [-0.3, -0.25) is 0 Å². The third kappa shape index (κ3) is 3.44. The first-order chi connectivity index (χ1) is 8.49. The maximum Gasteiger partial charge on any atom is 0.144 e. The van der Waals surface area contributed by atoms with E-state index in [0.717, 1.165) is 11.3 Å². The molecule has 0 saturated carbocycles. The van der Waals surface area contributed by atoms with Crippen molar-refractivity contribution in [3.8, 4) is 6.07 Å². The lowest BCUT2D eigenvalue weighted by Crippen LogP contribution is -2.28.